The Kier molecular flexibility index (Phi) is 3.80. The van der Waals surface area contributed by atoms with Crippen molar-refractivity contribution in [2.45, 2.75) is 77.7 Å². The van der Waals surface area contributed by atoms with Gasteiger partial charge in [-0.25, -0.2) is 0 Å². The molecule has 8 unspecified atom stereocenters. The van der Waals surface area contributed by atoms with Gasteiger partial charge in [-0.15, -0.1) is 0 Å². The van der Waals surface area contributed by atoms with Crippen LogP contribution >= 0.6 is 0 Å². The monoisotopic (exact) mass is 315 g/mol. The van der Waals surface area contributed by atoms with Crippen molar-refractivity contribution in [3.63, 3.8) is 0 Å². The highest BCUT2D eigenvalue weighted by Crippen LogP contribution is 2.67. The van der Waals surface area contributed by atoms with Crippen LogP contribution in [0.3, 0.4) is 0 Å². The summed E-state index contributed by atoms with van der Waals surface area (Å²) in [7, 11) is 1.90. The Hall–Kier alpha value is -0.550. The number of nitrogens with zero attached hydrogens (tertiary/aromatic N) is 1. The third kappa shape index (κ3) is 2.15. The van der Waals surface area contributed by atoms with E-state index in [1.165, 1.54) is 51.4 Å². The van der Waals surface area contributed by atoms with E-state index in [4.69, 9.17) is 4.74 Å². The van der Waals surface area contributed by atoms with Crippen LogP contribution in [-0.4, -0.2) is 13.2 Å². The summed E-state index contributed by atoms with van der Waals surface area (Å²) < 4.78 is 5.78. The lowest BCUT2D eigenvalue weighted by Crippen LogP contribution is -2.54. The van der Waals surface area contributed by atoms with E-state index in [2.05, 4.69) is 19.9 Å². The van der Waals surface area contributed by atoms with Gasteiger partial charge in [-0.3, -0.25) is 0 Å². The summed E-state index contributed by atoms with van der Waals surface area (Å²) >= 11 is 0. The molecule has 0 aromatic carbocycles. The molecule has 23 heavy (non-hydrogen) atoms. The molecule has 4 saturated carbocycles. The highest BCUT2D eigenvalue weighted by Gasteiger charge is 2.60. The summed E-state index contributed by atoms with van der Waals surface area (Å²) in [6, 6.07) is 2.66. The number of hydrogen-bond donors (Lipinski definition) is 0. The summed E-state index contributed by atoms with van der Waals surface area (Å²) in [5.41, 5.74) is 0.808. The van der Waals surface area contributed by atoms with Gasteiger partial charge in [0.1, 0.15) is 0 Å². The predicted molar refractivity (Wildman–Crippen MR) is 91.6 cm³/mol. The maximum Gasteiger partial charge on any atom is 0.0661 e. The molecule has 0 aliphatic heterocycles. The number of ether oxygens (including phenoxy) is 1. The molecule has 0 N–H and O–H groups in total. The fraction of sp³-hybridized carbons (Fsp3) is 0.952. The smallest absolute Gasteiger partial charge is 0.0661 e. The van der Waals surface area contributed by atoms with Crippen molar-refractivity contribution in [1.29, 1.82) is 5.26 Å². The second kappa shape index (κ2) is 5.48. The molecule has 0 amide bonds. The van der Waals surface area contributed by atoms with E-state index in [1.807, 2.05) is 7.11 Å². The maximum atomic E-state index is 9.60. The van der Waals surface area contributed by atoms with Gasteiger partial charge in [-0.1, -0.05) is 13.8 Å². The third-order valence-corrected chi connectivity index (χ3v) is 9.06. The summed E-state index contributed by atoms with van der Waals surface area (Å²) in [5.74, 6) is 3.81. The van der Waals surface area contributed by atoms with E-state index < -0.39 is 0 Å². The van der Waals surface area contributed by atoms with E-state index in [-0.39, 0.29) is 0 Å². The zero-order valence-corrected chi connectivity index (χ0v) is 15.2. The average molecular weight is 316 g/mol. The lowest BCUT2D eigenvalue weighted by Gasteiger charge is -2.61. The van der Waals surface area contributed by atoms with Gasteiger partial charge < -0.3 is 4.74 Å². The molecule has 0 spiro atoms. The average Bonchev–Trinajstić information content (AvgIpc) is 2.90. The van der Waals surface area contributed by atoms with Crippen LogP contribution < -0.4 is 0 Å². The lowest BCUT2D eigenvalue weighted by atomic mass is 9.44. The third-order valence-electron chi connectivity index (χ3n) is 9.06. The van der Waals surface area contributed by atoms with Gasteiger partial charge in [0, 0.05) is 7.11 Å². The zero-order chi connectivity index (χ0) is 16.2. The van der Waals surface area contributed by atoms with Crippen LogP contribution in [0, 0.1) is 51.8 Å². The van der Waals surface area contributed by atoms with Crippen LogP contribution in [0.1, 0.15) is 71.6 Å². The lowest BCUT2D eigenvalue weighted by molar-refractivity contribution is -0.132. The molecule has 0 bridgehead atoms. The van der Waals surface area contributed by atoms with Gasteiger partial charge in [-0.2, -0.15) is 5.26 Å². The molecule has 0 aromatic heterocycles. The molecule has 0 aromatic rings. The van der Waals surface area contributed by atoms with E-state index in [0.29, 0.717) is 22.9 Å². The van der Waals surface area contributed by atoms with Crippen LogP contribution in [0.2, 0.25) is 0 Å². The molecule has 4 aliphatic carbocycles. The molecule has 2 nitrogen and oxygen atoms in total. The standard InChI is InChI=1S/C21H33NO/c1-20-11-10-19-17(18(20)9-6-15(20)13-22)8-5-14-4-7-16(23-3)12-21(14,19)2/h14-19H,4-12H2,1-3H3. The van der Waals surface area contributed by atoms with Crippen LogP contribution in [0.5, 0.6) is 0 Å². The number of rotatable bonds is 1. The first kappa shape index (κ1) is 15.9. The number of methoxy groups -OCH3 is 1. The molecular formula is C21H33NO. The fourth-order valence-electron chi connectivity index (χ4n) is 7.72. The summed E-state index contributed by atoms with van der Waals surface area (Å²) in [6.45, 7) is 5.04. The number of fused-ring (bicyclic) bond motifs is 5. The van der Waals surface area contributed by atoms with Crippen LogP contribution in [0.25, 0.3) is 0 Å². The van der Waals surface area contributed by atoms with Crippen molar-refractivity contribution in [1.82, 2.24) is 0 Å². The maximum absolute atomic E-state index is 9.60. The first-order valence-electron chi connectivity index (χ1n) is 9.95. The minimum Gasteiger partial charge on any atom is -0.381 e. The van der Waals surface area contributed by atoms with Crippen molar-refractivity contribution >= 4 is 0 Å². The van der Waals surface area contributed by atoms with Crippen LogP contribution in [0.15, 0.2) is 0 Å². The SMILES string of the molecule is COC1CCC2CCC3C4CCC(C#N)C4(C)CCC3C2(C)C1. The molecule has 0 radical (unpaired) electrons. The van der Waals surface area contributed by atoms with E-state index in [9.17, 15) is 5.26 Å². The molecule has 4 rings (SSSR count). The first-order valence-corrected chi connectivity index (χ1v) is 9.95. The molecule has 0 saturated heterocycles. The fourth-order valence-corrected chi connectivity index (χ4v) is 7.72. The van der Waals surface area contributed by atoms with Gasteiger partial charge in [-0.05, 0) is 92.3 Å². The van der Waals surface area contributed by atoms with Crippen molar-refractivity contribution < 1.29 is 4.74 Å². The Balaban J connectivity index is 1.62. The summed E-state index contributed by atoms with van der Waals surface area (Å²) in [6.07, 6.45) is 12.4. The summed E-state index contributed by atoms with van der Waals surface area (Å²) in [5, 5.41) is 9.60. The molecule has 4 aliphatic rings. The van der Waals surface area contributed by atoms with E-state index >= 15 is 0 Å². The van der Waals surface area contributed by atoms with Crippen molar-refractivity contribution in [2.75, 3.05) is 7.11 Å². The normalized spacial score (nSPS) is 55.4. The quantitative estimate of drug-likeness (QED) is 0.667. The molecule has 128 valence electrons. The molecular weight excluding hydrogens is 282 g/mol. The Morgan fingerprint density at radius 3 is 2.39 bits per heavy atom. The number of nitriles is 1. The van der Waals surface area contributed by atoms with Crippen molar-refractivity contribution in [3.8, 4) is 6.07 Å². The van der Waals surface area contributed by atoms with E-state index in [1.54, 1.807) is 0 Å². The van der Waals surface area contributed by atoms with Crippen molar-refractivity contribution in [2.24, 2.45) is 40.4 Å². The minimum atomic E-state index is 0.314. The van der Waals surface area contributed by atoms with Gasteiger partial charge in [0.25, 0.3) is 0 Å². The topological polar surface area (TPSA) is 33.0 Å². The largest absolute Gasteiger partial charge is 0.381 e. The Bertz CT molecular complexity index is 510. The number of hydrogen-bond acceptors (Lipinski definition) is 2. The van der Waals surface area contributed by atoms with Gasteiger partial charge in [0.05, 0.1) is 18.1 Å². The minimum absolute atomic E-state index is 0.314. The summed E-state index contributed by atoms with van der Waals surface area (Å²) in [4.78, 5) is 0. The second-order valence-electron chi connectivity index (χ2n) is 9.60. The molecule has 8 atom stereocenters. The predicted octanol–water partition coefficient (Wildman–Crippen LogP) is 5.18. The van der Waals surface area contributed by atoms with Gasteiger partial charge >= 0.3 is 0 Å². The molecule has 0 heterocycles. The van der Waals surface area contributed by atoms with Crippen LogP contribution in [0.4, 0.5) is 0 Å². The van der Waals surface area contributed by atoms with E-state index in [0.717, 1.165) is 30.1 Å². The first-order chi connectivity index (χ1) is 11.0. The van der Waals surface area contributed by atoms with Gasteiger partial charge in [0.15, 0.2) is 0 Å². The van der Waals surface area contributed by atoms with Crippen molar-refractivity contribution in [3.05, 3.63) is 0 Å². The molecule has 2 heteroatoms. The second-order valence-corrected chi connectivity index (χ2v) is 9.60. The Morgan fingerprint density at radius 1 is 0.913 bits per heavy atom. The molecule has 4 fully saturated rings. The highest BCUT2D eigenvalue weighted by molar-refractivity contribution is 5.12. The highest BCUT2D eigenvalue weighted by atomic mass is 16.5. The van der Waals surface area contributed by atoms with Gasteiger partial charge in [0.2, 0.25) is 0 Å². The zero-order valence-electron chi connectivity index (χ0n) is 15.2. The Morgan fingerprint density at radius 2 is 1.65 bits per heavy atom. The Labute approximate surface area is 142 Å². The van der Waals surface area contributed by atoms with Crippen LogP contribution in [-0.2, 0) is 4.74 Å².